The molecule has 2 fully saturated rings. The summed E-state index contributed by atoms with van der Waals surface area (Å²) < 4.78 is 7.66. The molecular weight excluding hydrogens is 316 g/mol. The van der Waals surface area contributed by atoms with Gasteiger partial charge >= 0.3 is 0 Å². The highest BCUT2D eigenvalue weighted by atomic mass is 16.5. The SMILES string of the molecule is CCO[C@@H]1C[C@@H](NC(=O)c2c(C)nn3cccnc23)C12CCCCC2. The fourth-order valence-electron chi connectivity index (χ4n) is 4.76. The van der Waals surface area contributed by atoms with Gasteiger partial charge in [-0.25, -0.2) is 9.50 Å². The summed E-state index contributed by atoms with van der Waals surface area (Å²) in [4.78, 5) is 17.3. The minimum atomic E-state index is -0.0592. The van der Waals surface area contributed by atoms with Crippen molar-refractivity contribution in [1.29, 1.82) is 0 Å². The van der Waals surface area contributed by atoms with Crippen molar-refractivity contribution >= 4 is 11.6 Å². The Morgan fingerprint density at radius 3 is 2.96 bits per heavy atom. The fraction of sp³-hybridized carbons (Fsp3) is 0.632. The maximum atomic E-state index is 13.0. The summed E-state index contributed by atoms with van der Waals surface area (Å²) in [5.41, 5.74) is 2.05. The normalized spacial score (nSPS) is 25.0. The number of fused-ring (bicyclic) bond motifs is 1. The molecule has 2 aliphatic carbocycles. The number of carbonyl (C=O) groups excluding carboxylic acids is 1. The minimum Gasteiger partial charge on any atom is -0.378 e. The lowest BCUT2D eigenvalue weighted by atomic mass is 9.55. The van der Waals surface area contributed by atoms with Crippen LogP contribution in [-0.2, 0) is 4.74 Å². The van der Waals surface area contributed by atoms with Gasteiger partial charge in [0.25, 0.3) is 5.91 Å². The third-order valence-corrected chi connectivity index (χ3v) is 6.04. The first-order valence-corrected chi connectivity index (χ1v) is 9.38. The molecule has 0 bridgehead atoms. The quantitative estimate of drug-likeness (QED) is 0.928. The number of carbonyl (C=O) groups is 1. The highest BCUT2D eigenvalue weighted by molar-refractivity contribution is 6.01. The molecule has 2 aliphatic rings. The van der Waals surface area contributed by atoms with E-state index in [1.54, 1.807) is 10.7 Å². The number of ether oxygens (including phenoxy) is 1. The number of hydrogen-bond donors (Lipinski definition) is 1. The molecular formula is C19H26N4O2. The van der Waals surface area contributed by atoms with E-state index in [1.807, 2.05) is 19.2 Å². The molecule has 2 aromatic heterocycles. The number of amides is 1. The zero-order chi connectivity index (χ0) is 17.4. The molecule has 1 spiro atoms. The lowest BCUT2D eigenvalue weighted by molar-refractivity contribution is -0.146. The first-order valence-electron chi connectivity index (χ1n) is 9.38. The van der Waals surface area contributed by atoms with Crippen molar-refractivity contribution in [2.45, 2.75) is 64.5 Å². The van der Waals surface area contributed by atoms with Gasteiger partial charge in [-0.15, -0.1) is 0 Å². The highest BCUT2D eigenvalue weighted by Crippen LogP contribution is 2.53. The molecule has 4 rings (SSSR count). The van der Waals surface area contributed by atoms with Gasteiger partial charge in [0.1, 0.15) is 5.56 Å². The molecule has 6 nitrogen and oxygen atoms in total. The molecule has 0 aliphatic heterocycles. The molecule has 1 N–H and O–H groups in total. The summed E-state index contributed by atoms with van der Waals surface area (Å²) >= 11 is 0. The van der Waals surface area contributed by atoms with Crippen LogP contribution in [0.15, 0.2) is 18.5 Å². The van der Waals surface area contributed by atoms with Crippen LogP contribution >= 0.6 is 0 Å². The van der Waals surface area contributed by atoms with Gasteiger partial charge in [0.15, 0.2) is 5.65 Å². The van der Waals surface area contributed by atoms with Gasteiger partial charge in [0.05, 0.1) is 11.8 Å². The van der Waals surface area contributed by atoms with E-state index in [0.29, 0.717) is 11.2 Å². The van der Waals surface area contributed by atoms with Gasteiger partial charge < -0.3 is 10.1 Å². The number of nitrogens with one attached hydrogen (secondary N) is 1. The van der Waals surface area contributed by atoms with E-state index in [1.165, 1.54) is 19.3 Å². The van der Waals surface area contributed by atoms with E-state index >= 15 is 0 Å². The van der Waals surface area contributed by atoms with E-state index in [-0.39, 0.29) is 23.5 Å². The molecule has 2 aromatic rings. The van der Waals surface area contributed by atoms with Gasteiger partial charge in [-0.1, -0.05) is 19.3 Å². The van der Waals surface area contributed by atoms with Crippen LogP contribution in [0.2, 0.25) is 0 Å². The summed E-state index contributed by atoms with van der Waals surface area (Å²) in [6.45, 7) is 4.66. The number of aromatic nitrogens is 3. The monoisotopic (exact) mass is 342 g/mol. The second-order valence-electron chi connectivity index (χ2n) is 7.35. The van der Waals surface area contributed by atoms with Gasteiger partial charge in [-0.2, -0.15) is 5.10 Å². The van der Waals surface area contributed by atoms with Crippen molar-refractivity contribution < 1.29 is 9.53 Å². The van der Waals surface area contributed by atoms with Crippen molar-refractivity contribution in [3.63, 3.8) is 0 Å². The molecule has 6 heteroatoms. The van der Waals surface area contributed by atoms with E-state index in [9.17, 15) is 4.79 Å². The van der Waals surface area contributed by atoms with Crippen LogP contribution in [0.25, 0.3) is 5.65 Å². The largest absolute Gasteiger partial charge is 0.378 e. The number of hydrogen-bond acceptors (Lipinski definition) is 4. The topological polar surface area (TPSA) is 68.5 Å². The Balaban J connectivity index is 1.57. The molecule has 25 heavy (non-hydrogen) atoms. The molecule has 2 saturated carbocycles. The van der Waals surface area contributed by atoms with Crippen molar-refractivity contribution in [1.82, 2.24) is 19.9 Å². The Hall–Kier alpha value is -1.95. The zero-order valence-corrected chi connectivity index (χ0v) is 15.0. The van der Waals surface area contributed by atoms with Gasteiger partial charge in [0, 0.05) is 30.5 Å². The van der Waals surface area contributed by atoms with Crippen LogP contribution in [-0.4, -0.2) is 39.3 Å². The standard InChI is InChI=1S/C19H26N4O2/c1-3-25-15-12-14(19(15)8-5-4-6-9-19)21-18(24)16-13(2)22-23-11-7-10-20-17(16)23/h7,10-11,14-15H,3-6,8-9,12H2,1-2H3,(H,21,24)/t14-,15-/m1/s1. The molecule has 2 atom stereocenters. The molecule has 2 heterocycles. The summed E-state index contributed by atoms with van der Waals surface area (Å²) in [6.07, 6.45) is 10.8. The summed E-state index contributed by atoms with van der Waals surface area (Å²) in [5.74, 6) is -0.0592. The average molecular weight is 342 g/mol. The Morgan fingerprint density at radius 1 is 1.40 bits per heavy atom. The van der Waals surface area contributed by atoms with Gasteiger partial charge in [-0.3, -0.25) is 4.79 Å². The maximum absolute atomic E-state index is 13.0. The molecule has 0 radical (unpaired) electrons. The highest BCUT2D eigenvalue weighted by Gasteiger charge is 2.56. The van der Waals surface area contributed by atoms with Crippen molar-refractivity contribution in [3.8, 4) is 0 Å². The lowest BCUT2D eigenvalue weighted by Crippen LogP contribution is -2.65. The third-order valence-electron chi connectivity index (χ3n) is 6.04. The Kier molecular flexibility index (Phi) is 4.23. The number of nitrogens with zero attached hydrogens (tertiary/aromatic N) is 3. The van der Waals surface area contributed by atoms with Crippen LogP contribution in [0.5, 0.6) is 0 Å². The van der Waals surface area contributed by atoms with Crippen LogP contribution in [0.4, 0.5) is 0 Å². The average Bonchev–Trinajstić information content (AvgIpc) is 2.97. The van der Waals surface area contributed by atoms with Crippen LogP contribution in [0.3, 0.4) is 0 Å². The van der Waals surface area contributed by atoms with Crippen LogP contribution in [0.1, 0.15) is 61.5 Å². The molecule has 0 unspecified atom stereocenters. The van der Waals surface area contributed by atoms with Crippen LogP contribution in [0, 0.1) is 12.3 Å². The van der Waals surface area contributed by atoms with E-state index in [0.717, 1.165) is 31.6 Å². The molecule has 0 aromatic carbocycles. The zero-order valence-electron chi connectivity index (χ0n) is 15.0. The summed E-state index contributed by atoms with van der Waals surface area (Å²) in [5, 5.41) is 7.69. The van der Waals surface area contributed by atoms with Crippen LogP contribution < -0.4 is 5.32 Å². The Morgan fingerprint density at radius 2 is 2.20 bits per heavy atom. The van der Waals surface area contributed by atoms with Gasteiger partial charge in [-0.05, 0) is 39.2 Å². The first-order chi connectivity index (χ1) is 12.2. The molecule has 0 saturated heterocycles. The second-order valence-corrected chi connectivity index (χ2v) is 7.35. The maximum Gasteiger partial charge on any atom is 0.257 e. The van der Waals surface area contributed by atoms with Crippen molar-refractivity contribution in [2.24, 2.45) is 5.41 Å². The van der Waals surface area contributed by atoms with E-state index in [4.69, 9.17) is 4.74 Å². The van der Waals surface area contributed by atoms with E-state index in [2.05, 4.69) is 22.3 Å². The van der Waals surface area contributed by atoms with E-state index < -0.39 is 0 Å². The number of rotatable bonds is 4. The summed E-state index contributed by atoms with van der Waals surface area (Å²) in [7, 11) is 0. The minimum absolute atomic E-state index is 0.0592. The second kappa shape index (κ2) is 6.41. The van der Waals surface area contributed by atoms with Crippen molar-refractivity contribution in [2.75, 3.05) is 6.61 Å². The number of aryl methyl sites for hydroxylation is 1. The van der Waals surface area contributed by atoms with Crippen molar-refractivity contribution in [3.05, 3.63) is 29.7 Å². The van der Waals surface area contributed by atoms with Gasteiger partial charge in [0.2, 0.25) is 0 Å². The summed E-state index contributed by atoms with van der Waals surface area (Å²) in [6, 6.07) is 2.01. The first kappa shape index (κ1) is 16.5. The Bertz CT molecular complexity index is 779. The fourth-order valence-corrected chi connectivity index (χ4v) is 4.76. The lowest BCUT2D eigenvalue weighted by Gasteiger charge is -2.57. The molecule has 1 amide bonds. The Labute approximate surface area is 148 Å². The molecule has 134 valence electrons. The predicted octanol–water partition coefficient (Wildman–Crippen LogP) is 2.90. The third kappa shape index (κ3) is 2.63. The predicted molar refractivity (Wildman–Crippen MR) is 94.5 cm³/mol. The smallest absolute Gasteiger partial charge is 0.257 e.